The van der Waals surface area contributed by atoms with Crippen molar-refractivity contribution in [1.29, 1.82) is 0 Å². The molecule has 0 amide bonds. The van der Waals surface area contributed by atoms with Gasteiger partial charge in [-0.2, -0.15) is 0 Å². The maximum absolute atomic E-state index is 10.2. The molecule has 0 spiro atoms. The second-order valence-corrected chi connectivity index (χ2v) is 7.16. The molecule has 2 heterocycles. The highest BCUT2D eigenvalue weighted by Crippen LogP contribution is 2.22. The molecule has 122 valence electrons. The monoisotopic (exact) mass is 416 g/mol. The van der Waals surface area contributed by atoms with Crippen molar-refractivity contribution in [2.45, 2.75) is 18.7 Å². The Bertz CT molecular complexity index is 686. The lowest BCUT2D eigenvalue weighted by Crippen LogP contribution is -2.38. The average Bonchev–Trinajstić information content (AvgIpc) is 2.88. The zero-order valence-corrected chi connectivity index (χ0v) is 15.2. The van der Waals surface area contributed by atoms with Crippen molar-refractivity contribution in [3.05, 3.63) is 50.7 Å². The molecule has 23 heavy (non-hydrogen) atoms. The normalized spacial score (nSPS) is 21.0. The van der Waals surface area contributed by atoms with Gasteiger partial charge in [0.15, 0.2) is 0 Å². The molecule has 2 atom stereocenters. The predicted molar refractivity (Wildman–Crippen MR) is 95.0 cm³/mol. The van der Waals surface area contributed by atoms with Gasteiger partial charge in [0.2, 0.25) is 5.95 Å². The standard InChI is InChI=1S/C15H15BrCl2N4O/c16-10-5-20-15(21-6-10)22-7-13(14(23)8-22)19-4-9-1-2-11(17)3-12(9)18/h1-3,5-6,13-14,19,23H,4,7-8H2/t13-,14-/m0/s1. The summed E-state index contributed by atoms with van der Waals surface area (Å²) in [4.78, 5) is 10.5. The number of β-amino-alcohol motifs (C(OH)–C–C–N with tert-alkyl or cyclic N) is 1. The molecule has 1 aliphatic rings. The van der Waals surface area contributed by atoms with Crippen LogP contribution in [0.15, 0.2) is 35.1 Å². The molecule has 1 fully saturated rings. The first kappa shape index (κ1) is 16.9. The van der Waals surface area contributed by atoms with E-state index in [9.17, 15) is 5.11 Å². The molecule has 8 heteroatoms. The van der Waals surface area contributed by atoms with Gasteiger partial charge in [0.1, 0.15) is 0 Å². The number of benzene rings is 1. The summed E-state index contributed by atoms with van der Waals surface area (Å²) in [7, 11) is 0. The fourth-order valence-electron chi connectivity index (χ4n) is 2.53. The maximum Gasteiger partial charge on any atom is 0.225 e. The van der Waals surface area contributed by atoms with E-state index in [1.165, 1.54) is 0 Å². The van der Waals surface area contributed by atoms with Gasteiger partial charge in [-0.25, -0.2) is 9.97 Å². The Morgan fingerprint density at radius 2 is 2.00 bits per heavy atom. The predicted octanol–water partition coefficient (Wildman–Crippen LogP) is 2.89. The van der Waals surface area contributed by atoms with Gasteiger partial charge in [0, 0.05) is 42.1 Å². The Morgan fingerprint density at radius 3 is 2.70 bits per heavy atom. The van der Waals surface area contributed by atoms with E-state index in [2.05, 4.69) is 31.2 Å². The molecule has 2 aromatic rings. The smallest absolute Gasteiger partial charge is 0.225 e. The van der Waals surface area contributed by atoms with Crippen molar-refractivity contribution >= 4 is 45.1 Å². The minimum atomic E-state index is -0.492. The van der Waals surface area contributed by atoms with Crippen LogP contribution < -0.4 is 10.2 Å². The molecular weight excluding hydrogens is 403 g/mol. The fraction of sp³-hybridized carbons (Fsp3) is 0.333. The number of rotatable bonds is 4. The third-order valence-corrected chi connectivity index (χ3v) is 4.74. The van der Waals surface area contributed by atoms with Gasteiger partial charge in [-0.1, -0.05) is 29.3 Å². The number of hydrogen-bond donors (Lipinski definition) is 2. The third kappa shape index (κ3) is 4.14. The van der Waals surface area contributed by atoms with Crippen LogP contribution in [0.1, 0.15) is 5.56 Å². The molecular formula is C15H15BrCl2N4O. The van der Waals surface area contributed by atoms with Crippen molar-refractivity contribution in [1.82, 2.24) is 15.3 Å². The molecule has 0 unspecified atom stereocenters. The number of halogens is 3. The first-order valence-electron chi connectivity index (χ1n) is 7.11. The summed E-state index contributed by atoms with van der Waals surface area (Å²) >= 11 is 15.4. The highest BCUT2D eigenvalue weighted by Gasteiger charge is 2.32. The van der Waals surface area contributed by atoms with Crippen LogP contribution in [-0.4, -0.2) is 40.3 Å². The van der Waals surface area contributed by atoms with Crippen molar-refractivity contribution in [2.24, 2.45) is 0 Å². The summed E-state index contributed by atoms with van der Waals surface area (Å²) in [6.07, 6.45) is 2.90. The summed E-state index contributed by atoms with van der Waals surface area (Å²) in [6, 6.07) is 5.33. The van der Waals surface area contributed by atoms with Gasteiger partial charge in [-0.15, -0.1) is 0 Å². The summed E-state index contributed by atoms with van der Waals surface area (Å²) < 4.78 is 0.827. The maximum atomic E-state index is 10.2. The van der Waals surface area contributed by atoms with E-state index >= 15 is 0 Å². The number of anilines is 1. The molecule has 1 aromatic carbocycles. The number of nitrogens with zero attached hydrogens (tertiary/aromatic N) is 3. The van der Waals surface area contributed by atoms with E-state index in [1.807, 2.05) is 11.0 Å². The SMILES string of the molecule is O[C@H]1CN(c2ncc(Br)cn2)C[C@@H]1NCc1ccc(Cl)cc1Cl. The van der Waals surface area contributed by atoms with Gasteiger partial charge in [0.05, 0.1) is 16.6 Å². The Kier molecular flexibility index (Phi) is 5.38. The van der Waals surface area contributed by atoms with Crippen LogP contribution in [0, 0.1) is 0 Å². The second-order valence-electron chi connectivity index (χ2n) is 5.40. The number of aliphatic hydroxyl groups excluding tert-OH is 1. The first-order valence-corrected chi connectivity index (χ1v) is 8.65. The lowest BCUT2D eigenvalue weighted by molar-refractivity contribution is 0.163. The summed E-state index contributed by atoms with van der Waals surface area (Å²) in [5.74, 6) is 0.612. The fourth-order valence-corrected chi connectivity index (χ4v) is 3.21. The highest BCUT2D eigenvalue weighted by atomic mass is 79.9. The van der Waals surface area contributed by atoms with Crippen LogP contribution in [0.3, 0.4) is 0 Å². The summed E-state index contributed by atoms with van der Waals surface area (Å²) in [5, 5.41) is 14.8. The lowest BCUT2D eigenvalue weighted by Gasteiger charge is -2.17. The third-order valence-electron chi connectivity index (χ3n) is 3.75. The molecule has 1 aliphatic heterocycles. The van der Waals surface area contributed by atoms with Crippen molar-refractivity contribution in [3.8, 4) is 0 Å². The van der Waals surface area contributed by atoms with Crippen molar-refractivity contribution in [2.75, 3.05) is 18.0 Å². The van der Waals surface area contributed by atoms with Gasteiger partial charge in [-0.05, 0) is 33.6 Å². The molecule has 1 aromatic heterocycles. The molecule has 5 nitrogen and oxygen atoms in total. The Hall–Kier alpha value is -0.920. The van der Waals surface area contributed by atoms with Gasteiger partial charge >= 0.3 is 0 Å². The van der Waals surface area contributed by atoms with Gasteiger partial charge in [0.25, 0.3) is 0 Å². The zero-order chi connectivity index (χ0) is 16.4. The van der Waals surface area contributed by atoms with E-state index in [4.69, 9.17) is 23.2 Å². The average molecular weight is 418 g/mol. The summed E-state index contributed by atoms with van der Waals surface area (Å²) in [5.41, 5.74) is 0.946. The zero-order valence-electron chi connectivity index (χ0n) is 12.1. The molecule has 0 saturated carbocycles. The van der Waals surface area contributed by atoms with Crippen LogP contribution in [-0.2, 0) is 6.54 Å². The lowest BCUT2D eigenvalue weighted by atomic mass is 10.2. The van der Waals surface area contributed by atoms with E-state index < -0.39 is 6.10 Å². The van der Waals surface area contributed by atoms with Crippen LogP contribution in [0.5, 0.6) is 0 Å². The van der Waals surface area contributed by atoms with Gasteiger partial charge < -0.3 is 15.3 Å². The Balaban J connectivity index is 1.61. The molecule has 0 radical (unpaired) electrons. The van der Waals surface area contributed by atoms with E-state index in [-0.39, 0.29) is 6.04 Å². The van der Waals surface area contributed by atoms with Crippen LogP contribution in [0.4, 0.5) is 5.95 Å². The molecule has 0 aliphatic carbocycles. The minimum Gasteiger partial charge on any atom is -0.390 e. The minimum absolute atomic E-state index is 0.0750. The molecule has 0 bridgehead atoms. The van der Waals surface area contributed by atoms with Crippen LogP contribution in [0.2, 0.25) is 10.0 Å². The van der Waals surface area contributed by atoms with E-state index in [1.54, 1.807) is 24.5 Å². The molecule has 1 saturated heterocycles. The molecule has 2 N–H and O–H groups in total. The Morgan fingerprint density at radius 1 is 1.26 bits per heavy atom. The van der Waals surface area contributed by atoms with E-state index in [0.717, 1.165) is 10.0 Å². The van der Waals surface area contributed by atoms with Crippen LogP contribution in [0.25, 0.3) is 0 Å². The number of aromatic nitrogens is 2. The second kappa shape index (κ2) is 7.32. The number of hydrogen-bond acceptors (Lipinski definition) is 5. The van der Waals surface area contributed by atoms with Crippen molar-refractivity contribution < 1.29 is 5.11 Å². The summed E-state index contributed by atoms with van der Waals surface area (Å²) in [6.45, 7) is 1.69. The van der Waals surface area contributed by atoms with E-state index in [0.29, 0.717) is 35.6 Å². The Labute approximate surface area is 152 Å². The topological polar surface area (TPSA) is 61.3 Å². The number of aliphatic hydroxyl groups is 1. The number of nitrogens with one attached hydrogen (secondary N) is 1. The quantitative estimate of drug-likeness (QED) is 0.800. The largest absolute Gasteiger partial charge is 0.390 e. The first-order chi connectivity index (χ1) is 11.0. The van der Waals surface area contributed by atoms with Crippen molar-refractivity contribution in [3.63, 3.8) is 0 Å². The highest BCUT2D eigenvalue weighted by molar-refractivity contribution is 9.10. The van der Waals surface area contributed by atoms with Crippen LogP contribution >= 0.6 is 39.1 Å². The molecule has 3 rings (SSSR count). The van der Waals surface area contributed by atoms with Gasteiger partial charge in [-0.3, -0.25) is 0 Å².